The Bertz CT molecular complexity index is 1250. The molecule has 3 aromatic rings. The van der Waals surface area contributed by atoms with Crippen LogP contribution in [0.3, 0.4) is 0 Å². The third-order valence-corrected chi connectivity index (χ3v) is 7.96. The minimum absolute atomic E-state index is 0.199. The molecule has 0 atom stereocenters. The number of oxazole rings is 1. The summed E-state index contributed by atoms with van der Waals surface area (Å²) >= 11 is 0. The fraction of sp³-hybridized carbons (Fsp3) is 0.480. The van der Waals surface area contributed by atoms with Gasteiger partial charge in [-0.15, -0.1) is 0 Å². The average Bonchev–Trinajstić information content (AvgIpc) is 3.25. The van der Waals surface area contributed by atoms with E-state index in [0.717, 1.165) is 50.4 Å². The van der Waals surface area contributed by atoms with Crippen LogP contribution in [0.2, 0.25) is 0 Å². The number of methoxy groups -OCH3 is 1. The maximum absolute atomic E-state index is 12.4. The van der Waals surface area contributed by atoms with Crippen molar-refractivity contribution in [1.82, 2.24) is 14.2 Å². The van der Waals surface area contributed by atoms with Gasteiger partial charge in [-0.2, -0.15) is 4.98 Å². The molecule has 10 heteroatoms. The van der Waals surface area contributed by atoms with Crippen molar-refractivity contribution in [3.63, 3.8) is 0 Å². The molecular formula is C25H34N4O5S. The molecule has 1 saturated heterocycles. The summed E-state index contributed by atoms with van der Waals surface area (Å²) in [5, 5.41) is 3.38. The fourth-order valence-corrected chi connectivity index (χ4v) is 5.07. The monoisotopic (exact) mass is 502 g/mol. The molecule has 35 heavy (non-hydrogen) atoms. The summed E-state index contributed by atoms with van der Waals surface area (Å²) in [6, 6.07) is 11.5. The number of hydrogen-bond donors (Lipinski definition) is 1. The lowest BCUT2D eigenvalue weighted by atomic mass is 10.0. The van der Waals surface area contributed by atoms with Gasteiger partial charge in [-0.05, 0) is 55.2 Å². The van der Waals surface area contributed by atoms with Gasteiger partial charge in [-0.25, -0.2) is 12.7 Å². The van der Waals surface area contributed by atoms with E-state index in [4.69, 9.17) is 13.9 Å². The lowest BCUT2D eigenvalue weighted by Crippen LogP contribution is -2.38. The van der Waals surface area contributed by atoms with Crippen molar-refractivity contribution >= 4 is 27.1 Å². The Kier molecular flexibility index (Phi) is 7.83. The predicted molar refractivity (Wildman–Crippen MR) is 136 cm³/mol. The van der Waals surface area contributed by atoms with Crippen LogP contribution in [0.4, 0.5) is 6.01 Å². The van der Waals surface area contributed by atoms with Gasteiger partial charge >= 0.3 is 0 Å². The molecule has 190 valence electrons. The molecule has 1 aliphatic rings. The van der Waals surface area contributed by atoms with Crippen molar-refractivity contribution in [3.8, 4) is 11.5 Å². The topological polar surface area (TPSA) is 97.1 Å². The summed E-state index contributed by atoms with van der Waals surface area (Å²) in [7, 11) is 1.16. The molecule has 0 amide bonds. The van der Waals surface area contributed by atoms with E-state index in [9.17, 15) is 8.42 Å². The molecule has 2 heterocycles. The molecule has 1 N–H and O–H groups in total. The van der Waals surface area contributed by atoms with E-state index < -0.39 is 10.0 Å². The Morgan fingerprint density at radius 3 is 2.60 bits per heavy atom. The summed E-state index contributed by atoms with van der Waals surface area (Å²) in [6.07, 6.45) is 2.85. The van der Waals surface area contributed by atoms with Gasteiger partial charge in [0, 0.05) is 39.8 Å². The zero-order valence-electron chi connectivity index (χ0n) is 20.8. The standard InChI is InChI=1S/C25H34N4O5S/c1-5-14-33-24-15-18(6-8-23(24)32-4)17-29-12-10-19(11-13-29)26-25-27-21-16-20(7-9-22(21)34-25)35(30,31)28(2)3/h6-9,15-16,19H,5,10-14,17H2,1-4H3,(H,26,27). The maximum atomic E-state index is 12.4. The van der Waals surface area contributed by atoms with E-state index in [1.165, 1.54) is 24.0 Å². The van der Waals surface area contributed by atoms with Crippen LogP contribution in [-0.4, -0.2) is 69.6 Å². The number of sulfonamides is 1. The number of fused-ring (bicyclic) bond motifs is 1. The van der Waals surface area contributed by atoms with Gasteiger partial charge in [0.05, 0.1) is 18.6 Å². The third kappa shape index (κ3) is 5.88. The van der Waals surface area contributed by atoms with Crippen molar-refractivity contribution in [2.24, 2.45) is 0 Å². The van der Waals surface area contributed by atoms with Crippen LogP contribution < -0.4 is 14.8 Å². The number of aromatic nitrogens is 1. The SMILES string of the molecule is CCCOc1cc(CN2CCC(Nc3nc4cc(S(=O)(=O)N(C)C)ccc4o3)CC2)ccc1OC. The highest BCUT2D eigenvalue weighted by atomic mass is 32.2. The molecule has 9 nitrogen and oxygen atoms in total. The quantitative estimate of drug-likeness (QED) is 0.445. The van der Waals surface area contributed by atoms with Gasteiger partial charge < -0.3 is 19.2 Å². The van der Waals surface area contributed by atoms with Gasteiger partial charge in [0.1, 0.15) is 5.52 Å². The smallest absolute Gasteiger partial charge is 0.295 e. The number of hydrogen-bond acceptors (Lipinski definition) is 8. The number of nitrogens with one attached hydrogen (secondary N) is 1. The highest BCUT2D eigenvalue weighted by Gasteiger charge is 2.22. The van der Waals surface area contributed by atoms with Crippen LogP contribution >= 0.6 is 0 Å². The van der Waals surface area contributed by atoms with Crippen molar-refractivity contribution in [1.29, 1.82) is 0 Å². The molecule has 0 radical (unpaired) electrons. The van der Waals surface area contributed by atoms with Crippen molar-refractivity contribution in [2.75, 3.05) is 46.2 Å². The number of benzene rings is 2. The maximum Gasteiger partial charge on any atom is 0.295 e. The number of nitrogens with zero attached hydrogens (tertiary/aromatic N) is 3. The second kappa shape index (κ2) is 10.8. The first kappa shape index (κ1) is 25.3. The minimum atomic E-state index is -3.52. The van der Waals surface area contributed by atoms with E-state index in [1.54, 1.807) is 25.3 Å². The molecular weight excluding hydrogens is 468 g/mol. The first-order valence-corrected chi connectivity index (χ1v) is 13.4. The number of likely N-dealkylation sites (tertiary alicyclic amines) is 1. The molecule has 4 rings (SSSR count). The average molecular weight is 503 g/mol. The van der Waals surface area contributed by atoms with Gasteiger partial charge in [-0.1, -0.05) is 13.0 Å². The van der Waals surface area contributed by atoms with E-state index in [0.29, 0.717) is 23.7 Å². The molecule has 1 aliphatic heterocycles. The van der Waals surface area contributed by atoms with Crippen LogP contribution in [0, 0.1) is 0 Å². The Labute approximate surface area is 207 Å². The van der Waals surface area contributed by atoms with Crippen LogP contribution in [0.1, 0.15) is 31.7 Å². The van der Waals surface area contributed by atoms with E-state index >= 15 is 0 Å². The number of anilines is 1. The minimum Gasteiger partial charge on any atom is -0.493 e. The zero-order valence-corrected chi connectivity index (χ0v) is 21.6. The zero-order chi connectivity index (χ0) is 25.0. The molecule has 0 unspecified atom stereocenters. The van der Waals surface area contributed by atoms with Gasteiger partial charge in [-0.3, -0.25) is 4.90 Å². The van der Waals surface area contributed by atoms with Gasteiger partial charge in [0.15, 0.2) is 17.1 Å². The first-order chi connectivity index (χ1) is 16.8. The summed E-state index contributed by atoms with van der Waals surface area (Å²) < 4.78 is 43.1. The fourth-order valence-electron chi connectivity index (χ4n) is 4.15. The van der Waals surface area contributed by atoms with Crippen molar-refractivity contribution in [2.45, 2.75) is 43.7 Å². The van der Waals surface area contributed by atoms with E-state index in [1.807, 2.05) is 6.07 Å². The molecule has 1 fully saturated rings. The summed E-state index contributed by atoms with van der Waals surface area (Å²) in [5.41, 5.74) is 2.28. The van der Waals surface area contributed by atoms with E-state index in [-0.39, 0.29) is 10.9 Å². The second-order valence-corrected chi connectivity index (χ2v) is 11.1. The van der Waals surface area contributed by atoms with Gasteiger partial charge in [0.25, 0.3) is 6.01 Å². The Morgan fingerprint density at radius 1 is 1.14 bits per heavy atom. The molecule has 0 aliphatic carbocycles. The Hall–Kier alpha value is -2.82. The molecule has 2 aromatic carbocycles. The molecule has 0 spiro atoms. The highest BCUT2D eigenvalue weighted by molar-refractivity contribution is 7.89. The summed E-state index contributed by atoms with van der Waals surface area (Å²) in [5.74, 6) is 1.55. The second-order valence-electron chi connectivity index (χ2n) is 8.96. The lowest BCUT2D eigenvalue weighted by Gasteiger charge is -2.32. The summed E-state index contributed by atoms with van der Waals surface area (Å²) in [6.45, 7) is 5.49. The highest BCUT2D eigenvalue weighted by Crippen LogP contribution is 2.30. The van der Waals surface area contributed by atoms with E-state index in [2.05, 4.69) is 34.3 Å². The normalized spacial score (nSPS) is 15.6. The first-order valence-electron chi connectivity index (χ1n) is 11.9. The van der Waals surface area contributed by atoms with Crippen molar-refractivity contribution < 1.29 is 22.3 Å². The lowest BCUT2D eigenvalue weighted by molar-refractivity contribution is 0.209. The van der Waals surface area contributed by atoms with Crippen LogP contribution in [0.25, 0.3) is 11.1 Å². The largest absolute Gasteiger partial charge is 0.493 e. The van der Waals surface area contributed by atoms with Gasteiger partial charge in [0.2, 0.25) is 10.0 Å². The van der Waals surface area contributed by atoms with Crippen LogP contribution in [0.5, 0.6) is 11.5 Å². The molecule has 0 bridgehead atoms. The van der Waals surface area contributed by atoms with Crippen molar-refractivity contribution in [3.05, 3.63) is 42.0 Å². The Morgan fingerprint density at radius 2 is 1.91 bits per heavy atom. The predicted octanol–water partition coefficient (Wildman–Crippen LogP) is 3.95. The van der Waals surface area contributed by atoms with Crippen LogP contribution in [0.15, 0.2) is 45.7 Å². The number of piperidine rings is 1. The molecule has 0 saturated carbocycles. The third-order valence-electron chi connectivity index (χ3n) is 6.15. The summed E-state index contributed by atoms with van der Waals surface area (Å²) in [4.78, 5) is 7.10. The number of rotatable bonds is 10. The van der Waals surface area contributed by atoms with Crippen LogP contribution in [-0.2, 0) is 16.6 Å². The number of ether oxygens (including phenoxy) is 2. The Balaban J connectivity index is 1.35. The molecule has 1 aromatic heterocycles.